The molecule has 0 aromatic heterocycles. The molecule has 126 valence electrons. The molecule has 23 heavy (non-hydrogen) atoms. The van der Waals surface area contributed by atoms with Crippen molar-refractivity contribution in [2.45, 2.75) is 64.9 Å². The summed E-state index contributed by atoms with van der Waals surface area (Å²) in [5.74, 6) is 1.41. The van der Waals surface area contributed by atoms with Gasteiger partial charge in [0.25, 0.3) is 0 Å². The largest absolute Gasteiger partial charge is 0.393 e. The number of fused-ring (bicyclic) bond motifs is 5. The van der Waals surface area contributed by atoms with Crippen LogP contribution in [0.2, 0.25) is 0 Å². The maximum atomic E-state index is 12.1. The van der Waals surface area contributed by atoms with Gasteiger partial charge in [-0.2, -0.15) is 0 Å². The SMILES string of the molecule is C[C@]12CC[C@H]3[C@@H](CCC4=CC(=O)[C@H](C=O)C[C@@]43C)[C@@H]1CC[C@@H]2O. The number of allylic oxidation sites excluding steroid dienone is 1. The molecule has 4 rings (SSSR count). The van der Waals surface area contributed by atoms with Gasteiger partial charge in [0.1, 0.15) is 6.29 Å². The third-order valence-corrected chi connectivity index (χ3v) is 8.18. The van der Waals surface area contributed by atoms with E-state index in [9.17, 15) is 14.7 Å². The monoisotopic (exact) mass is 316 g/mol. The highest BCUT2D eigenvalue weighted by molar-refractivity contribution is 6.02. The summed E-state index contributed by atoms with van der Waals surface area (Å²) in [4.78, 5) is 23.5. The number of ketones is 1. The van der Waals surface area contributed by atoms with E-state index in [4.69, 9.17) is 0 Å². The molecule has 0 aliphatic heterocycles. The Morgan fingerprint density at radius 2 is 1.96 bits per heavy atom. The molecule has 0 aromatic rings. The van der Waals surface area contributed by atoms with E-state index in [-0.39, 0.29) is 22.7 Å². The zero-order valence-corrected chi connectivity index (χ0v) is 14.3. The van der Waals surface area contributed by atoms with Gasteiger partial charge in [-0.25, -0.2) is 0 Å². The molecule has 0 radical (unpaired) electrons. The van der Waals surface area contributed by atoms with Crippen molar-refractivity contribution < 1.29 is 14.7 Å². The molecular weight excluding hydrogens is 288 g/mol. The Morgan fingerprint density at radius 1 is 1.17 bits per heavy atom. The van der Waals surface area contributed by atoms with Gasteiger partial charge in [-0.15, -0.1) is 0 Å². The summed E-state index contributed by atoms with van der Waals surface area (Å²) in [6, 6.07) is 0. The highest BCUT2D eigenvalue weighted by atomic mass is 16.3. The van der Waals surface area contributed by atoms with Gasteiger partial charge in [-0.3, -0.25) is 4.79 Å². The van der Waals surface area contributed by atoms with Crippen molar-refractivity contribution in [2.75, 3.05) is 0 Å². The molecule has 0 saturated heterocycles. The summed E-state index contributed by atoms with van der Waals surface area (Å²) in [6.45, 7) is 4.59. The van der Waals surface area contributed by atoms with Crippen molar-refractivity contribution in [1.82, 2.24) is 0 Å². The second-order valence-corrected chi connectivity index (χ2v) is 8.99. The van der Waals surface area contributed by atoms with Gasteiger partial charge in [0.2, 0.25) is 0 Å². The highest BCUT2D eigenvalue weighted by Crippen LogP contribution is 2.65. The second kappa shape index (κ2) is 5.02. The van der Waals surface area contributed by atoms with Crippen LogP contribution < -0.4 is 0 Å². The Bertz CT molecular complexity index is 579. The third-order valence-electron chi connectivity index (χ3n) is 8.18. The van der Waals surface area contributed by atoms with Crippen molar-refractivity contribution in [3.05, 3.63) is 11.6 Å². The van der Waals surface area contributed by atoms with Crippen LogP contribution in [0.15, 0.2) is 11.6 Å². The van der Waals surface area contributed by atoms with Crippen molar-refractivity contribution in [2.24, 2.45) is 34.5 Å². The summed E-state index contributed by atoms with van der Waals surface area (Å²) < 4.78 is 0. The van der Waals surface area contributed by atoms with Gasteiger partial charge in [0.15, 0.2) is 5.78 Å². The zero-order valence-electron chi connectivity index (χ0n) is 14.3. The lowest BCUT2D eigenvalue weighted by molar-refractivity contribution is -0.128. The molecule has 3 nitrogen and oxygen atoms in total. The number of aliphatic hydroxyl groups is 1. The zero-order chi connectivity index (χ0) is 16.4. The topological polar surface area (TPSA) is 54.4 Å². The molecule has 4 aliphatic rings. The minimum Gasteiger partial charge on any atom is -0.393 e. The number of hydrogen-bond acceptors (Lipinski definition) is 3. The van der Waals surface area contributed by atoms with Gasteiger partial charge in [0, 0.05) is 0 Å². The van der Waals surface area contributed by atoms with Crippen LogP contribution >= 0.6 is 0 Å². The Kier molecular flexibility index (Phi) is 3.39. The number of carbonyl (C=O) groups is 2. The van der Waals surface area contributed by atoms with Gasteiger partial charge in [-0.1, -0.05) is 19.4 Å². The number of aliphatic hydroxyl groups excluding tert-OH is 1. The predicted octanol–water partition coefficient (Wildman–Crippen LogP) is 3.30. The van der Waals surface area contributed by atoms with Crippen LogP contribution in [0, 0.1) is 34.5 Å². The fourth-order valence-electron chi connectivity index (χ4n) is 6.77. The van der Waals surface area contributed by atoms with Crippen LogP contribution in [-0.2, 0) is 9.59 Å². The van der Waals surface area contributed by atoms with Crippen LogP contribution in [0.4, 0.5) is 0 Å². The standard InChI is InChI=1S/C20H28O3/c1-19-8-7-16-14(15(19)5-6-18(19)23)4-3-13-9-17(22)12(11-21)10-20(13,16)2/h9,11-12,14-16,18,23H,3-8,10H2,1-2H3/t12-,14-,15-,16-,18-,19-,20-/m0/s1. The molecule has 3 heteroatoms. The normalized spacial score (nSPS) is 52.2. The molecule has 7 atom stereocenters. The maximum Gasteiger partial charge on any atom is 0.165 e. The van der Waals surface area contributed by atoms with E-state index in [1.165, 1.54) is 5.57 Å². The molecule has 0 heterocycles. The van der Waals surface area contributed by atoms with Crippen molar-refractivity contribution in [1.29, 1.82) is 0 Å². The number of carbonyl (C=O) groups excluding carboxylic acids is 2. The fraction of sp³-hybridized carbons (Fsp3) is 0.800. The van der Waals surface area contributed by atoms with Crippen LogP contribution in [0.1, 0.15) is 58.8 Å². The summed E-state index contributed by atoms with van der Waals surface area (Å²) in [7, 11) is 0. The molecule has 0 spiro atoms. The number of hydrogen-bond donors (Lipinski definition) is 1. The van der Waals surface area contributed by atoms with E-state index in [0.29, 0.717) is 24.2 Å². The van der Waals surface area contributed by atoms with Crippen LogP contribution in [0.5, 0.6) is 0 Å². The van der Waals surface area contributed by atoms with Gasteiger partial charge in [0.05, 0.1) is 12.0 Å². The first kappa shape index (κ1) is 15.6. The molecule has 4 aliphatic carbocycles. The van der Waals surface area contributed by atoms with E-state index >= 15 is 0 Å². The van der Waals surface area contributed by atoms with Crippen LogP contribution in [0.3, 0.4) is 0 Å². The van der Waals surface area contributed by atoms with Gasteiger partial charge < -0.3 is 9.90 Å². The predicted molar refractivity (Wildman–Crippen MR) is 87.7 cm³/mol. The molecule has 0 unspecified atom stereocenters. The average Bonchev–Trinajstić information content (AvgIpc) is 2.83. The lowest BCUT2D eigenvalue weighted by Gasteiger charge is -2.58. The maximum absolute atomic E-state index is 12.1. The fourth-order valence-corrected chi connectivity index (χ4v) is 6.77. The summed E-state index contributed by atoms with van der Waals surface area (Å²) >= 11 is 0. The van der Waals surface area contributed by atoms with Gasteiger partial charge in [-0.05, 0) is 79.6 Å². The third kappa shape index (κ3) is 1.98. The lowest BCUT2D eigenvalue weighted by atomic mass is 9.46. The van der Waals surface area contributed by atoms with E-state index in [0.717, 1.165) is 44.8 Å². The Labute approximate surface area is 138 Å². The van der Waals surface area contributed by atoms with E-state index in [1.807, 2.05) is 0 Å². The lowest BCUT2D eigenvalue weighted by Crippen LogP contribution is -2.52. The molecule has 3 saturated carbocycles. The van der Waals surface area contributed by atoms with Crippen LogP contribution in [0.25, 0.3) is 0 Å². The van der Waals surface area contributed by atoms with Crippen molar-refractivity contribution >= 4 is 12.1 Å². The molecule has 3 fully saturated rings. The second-order valence-electron chi connectivity index (χ2n) is 8.99. The molecule has 0 amide bonds. The Balaban J connectivity index is 1.70. The van der Waals surface area contributed by atoms with Gasteiger partial charge >= 0.3 is 0 Å². The van der Waals surface area contributed by atoms with E-state index < -0.39 is 5.92 Å². The first-order valence-electron chi connectivity index (χ1n) is 9.28. The van der Waals surface area contributed by atoms with Crippen molar-refractivity contribution in [3.63, 3.8) is 0 Å². The van der Waals surface area contributed by atoms with Crippen LogP contribution in [-0.4, -0.2) is 23.3 Å². The smallest absolute Gasteiger partial charge is 0.165 e. The summed E-state index contributed by atoms with van der Waals surface area (Å²) in [6.07, 6.45) is 9.67. The van der Waals surface area contributed by atoms with E-state index in [1.54, 1.807) is 6.08 Å². The van der Waals surface area contributed by atoms with E-state index in [2.05, 4.69) is 13.8 Å². The first-order chi connectivity index (χ1) is 10.9. The van der Waals surface area contributed by atoms with Crippen molar-refractivity contribution in [3.8, 4) is 0 Å². The number of aldehydes is 1. The Hall–Kier alpha value is -0.960. The molecular formula is C20H28O3. The summed E-state index contributed by atoms with van der Waals surface area (Å²) in [5, 5.41) is 10.5. The highest BCUT2D eigenvalue weighted by Gasteiger charge is 2.59. The summed E-state index contributed by atoms with van der Waals surface area (Å²) in [5.41, 5.74) is 1.40. The first-order valence-corrected chi connectivity index (χ1v) is 9.28. The quantitative estimate of drug-likeness (QED) is 0.596. The average molecular weight is 316 g/mol. The minimum absolute atomic E-state index is 0.0112. The Morgan fingerprint density at radius 3 is 2.70 bits per heavy atom. The molecule has 1 N–H and O–H groups in total. The minimum atomic E-state index is -0.440. The molecule has 0 bridgehead atoms. The molecule has 0 aromatic carbocycles. The number of rotatable bonds is 1.